The molecule has 2 N–H and O–H groups in total. The quantitative estimate of drug-likeness (QED) is 0.621. The molecule has 3 rings (SSSR count). The maximum atomic E-state index is 12.1. The van der Waals surface area contributed by atoms with E-state index in [1.165, 1.54) is 0 Å². The van der Waals surface area contributed by atoms with Gasteiger partial charge in [-0.1, -0.05) is 0 Å². The molecule has 0 saturated heterocycles. The highest BCUT2D eigenvalue weighted by Crippen LogP contribution is 2.09. The number of rotatable bonds is 7. The molecular formula is C16H20N8O. The number of amides is 1. The van der Waals surface area contributed by atoms with Gasteiger partial charge in [-0.15, -0.1) is 0 Å². The molecule has 0 bridgehead atoms. The molecule has 3 heterocycles. The van der Waals surface area contributed by atoms with Crippen LogP contribution in [0.3, 0.4) is 0 Å². The largest absolute Gasteiger partial charge is 0.368 e. The Balaban J connectivity index is 1.51. The van der Waals surface area contributed by atoms with Crippen molar-refractivity contribution in [1.82, 2.24) is 34.8 Å². The van der Waals surface area contributed by atoms with Gasteiger partial charge in [-0.2, -0.15) is 10.2 Å². The number of aromatic nitrogens is 6. The summed E-state index contributed by atoms with van der Waals surface area (Å²) >= 11 is 0. The second kappa shape index (κ2) is 7.56. The Hall–Kier alpha value is -3.23. The molecule has 0 aromatic carbocycles. The average molecular weight is 340 g/mol. The van der Waals surface area contributed by atoms with E-state index in [0.717, 1.165) is 0 Å². The molecule has 130 valence electrons. The highest BCUT2D eigenvalue weighted by Gasteiger charge is 2.13. The zero-order valence-corrected chi connectivity index (χ0v) is 14.1. The second-order valence-electron chi connectivity index (χ2n) is 5.49. The molecule has 0 fully saturated rings. The third kappa shape index (κ3) is 4.19. The molecule has 0 aliphatic carbocycles. The van der Waals surface area contributed by atoms with Crippen LogP contribution in [0.15, 0.2) is 43.0 Å². The van der Waals surface area contributed by atoms with Crippen molar-refractivity contribution < 1.29 is 4.79 Å². The van der Waals surface area contributed by atoms with Crippen molar-refractivity contribution in [2.24, 2.45) is 0 Å². The van der Waals surface area contributed by atoms with Crippen LogP contribution in [0.1, 0.15) is 18.8 Å². The minimum Gasteiger partial charge on any atom is -0.368 e. The molecule has 0 spiro atoms. The number of nitrogens with one attached hydrogen (secondary N) is 2. The summed E-state index contributed by atoms with van der Waals surface area (Å²) in [4.78, 5) is 20.8. The molecule has 9 heteroatoms. The Bertz CT molecular complexity index is 813. The van der Waals surface area contributed by atoms with Gasteiger partial charge in [0.25, 0.3) is 0 Å². The van der Waals surface area contributed by atoms with Gasteiger partial charge in [0.05, 0.1) is 0 Å². The Morgan fingerprint density at radius 3 is 2.68 bits per heavy atom. The molecular weight excluding hydrogens is 320 g/mol. The smallest absolute Gasteiger partial charge is 0.244 e. The molecule has 0 radical (unpaired) electrons. The first-order valence-electron chi connectivity index (χ1n) is 8.00. The third-order valence-corrected chi connectivity index (χ3v) is 3.60. The lowest BCUT2D eigenvalue weighted by Crippen LogP contribution is -2.34. The number of anilines is 1. The van der Waals surface area contributed by atoms with Gasteiger partial charge in [-0.25, -0.2) is 14.6 Å². The summed E-state index contributed by atoms with van der Waals surface area (Å²) in [6, 6.07) is 5.09. The Kier molecular flexibility index (Phi) is 5.03. The Morgan fingerprint density at radius 2 is 1.96 bits per heavy atom. The number of carbonyl (C=O) groups excluding carboxylic acids is 1. The van der Waals surface area contributed by atoms with E-state index in [4.69, 9.17) is 0 Å². The van der Waals surface area contributed by atoms with Crippen LogP contribution in [0.2, 0.25) is 0 Å². The molecule has 3 aromatic rings. The lowest BCUT2D eigenvalue weighted by molar-refractivity contribution is -0.124. The van der Waals surface area contributed by atoms with E-state index in [2.05, 4.69) is 30.8 Å². The summed E-state index contributed by atoms with van der Waals surface area (Å²) in [5, 5.41) is 14.3. The normalized spacial score (nSPS) is 11.9. The van der Waals surface area contributed by atoms with Gasteiger partial charge >= 0.3 is 0 Å². The monoisotopic (exact) mass is 340 g/mol. The molecule has 3 aromatic heterocycles. The van der Waals surface area contributed by atoms with Crippen LogP contribution in [0, 0.1) is 6.92 Å². The van der Waals surface area contributed by atoms with Gasteiger partial charge in [0.2, 0.25) is 5.91 Å². The van der Waals surface area contributed by atoms with Gasteiger partial charge in [-0.05, 0) is 26.0 Å². The van der Waals surface area contributed by atoms with Crippen molar-refractivity contribution in [3.63, 3.8) is 0 Å². The Labute approximate surface area is 145 Å². The van der Waals surface area contributed by atoms with E-state index in [-0.39, 0.29) is 11.9 Å². The molecule has 1 amide bonds. The first kappa shape index (κ1) is 16.6. The highest BCUT2D eigenvalue weighted by atomic mass is 16.2. The zero-order chi connectivity index (χ0) is 17.6. The number of aryl methyl sites for hydroxylation is 1. The predicted molar refractivity (Wildman–Crippen MR) is 92.3 cm³/mol. The van der Waals surface area contributed by atoms with Crippen molar-refractivity contribution in [3.8, 4) is 5.82 Å². The first-order valence-corrected chi connectivity index (χ1v) is 8.00. The van der Waals surface area contributed by atoms with Crippen molar-refractivity contribution >= 4 is 11.7 Å². The SMILES string of the molecule is Cc1nc(NCCNC(=O)[C@H](C)n2cccn2)cc(-n2cccn2)n1. The molecule has 1 atom stereocenters. The maximum Gasteiger partial charge on any atom is 0.244 e. The summed E-state index contributed by atoms with van der Waals surface area (Å²) in [5.41, 5.74) is 0. The van der Waals surface area contributed by atoms with Gasteiger partial charge in [0.1, 0.15) is 17.7 Å². The van der Waals surface area contributed by atoms with Crippen LogP contribution in [-0.2, 0) is 4.79 Å². The fourth-order valence-electron chi connectivity index (χ4n) is 2.32. The van der Waals surface area contributed by atoms with Crippen LogP contribution in [0.5, 0.6) is 0 Å². The molecule has 0 aliphatic rings. The van der Waals surface area contributed by atoms with Crippen LogP contribution in [0.4, 0.5) is 5.82 Å². The Morgan fingerprint density at radius 1 is 1.16 bits per heavy atom. The van der Waals surface area contributed by atoms with E-state index < -0.39 is 0 Å². The topological polar surface area (TPSA) is 103 Å². The summed E-state index contributed by atoms with van der Waals surface area (Å²) in [7, 11) is 0. The second-order valence-corrected chi connectivity index (χ2v) is 5.49. The molecule has 0 aliphatic heterocycles. The van der Waals surface area contributed by atoms with E-state index in [1.807, 2.05) is 25.3 Å². The molecule has 0 unspecified atom stereocenters. The lowest BCUT2D eigenvalue weighted by atomic mass is 10.3. The predicted octanol–water partition coefficient (Wildman–Crippen LogP) is 0.957. The first-order chi connectivity index (χ1) is 12.1. The average Bonchev–Trinajstić information content (AvgIpc) is 3.31. The van der Waals surface area contributed by atoms with E-state index in [1.54, 1.807) is 40.9 Å². The summed E-state index contributed by atoms with van der Waals surface area (Å²) in [6.07, 6.45) is 6.94. The van der Waals surface area contributed by atoms with Crippen LogP contribution in [0.25, 0.3) is 5.82 Å². The summed E-state index contributed by atoms with van der Waals surface area (Å²) in [5.74, 6) is 1.94. The van der Waals surface area contributed by atoms with Gasteiger partial charge < -0.3 is 10.6 Å². The molecule has 25 heavy (non-hydrogen) atoms. The molecule has 9 nitrogen and oxygen atoms in total. The minimum absolute atomic E-state index is 0.0819. The number of hydrogen-bond donors (Lipinski definition) is 2. The van der Waals surface area contributed by atoms with Gasteiger partial charge in [-0.3, -0.25) is 9.48 Å². The van der Waals surface area contributed by atoms with Crippen molar-refractivity contribution in [2.75, 3.05) is 18.4 Å². The fraction of sp³-hybridized carbons (Fsp3) is 0.312. The van der Waals surface area contributed by atoms with Gasteiger partial charge in [0, 0.05) is 43.9 Å². The zero-order valence-electron chi connectivity index (χ0n) is 14.1. The van der Waals surface area contributed by atoms with Crippen LogP contribution < -0.4 is 10.6 Å². The number of hydrogen-bond acceptors (Lipinski definition) is 6. The minimum atomic E-state index is -0.345. The standard InChI is InChI=1S/C16H20N8O/c1-12(23-9-3-5-19-23)16(25)18-8-7-17-14-11-15(22-13(2)21-14)24-10-4-6-20-24/h3-6,9-12H,7-8H2,1-2H3,(H,18,25)(H,17,21,22)/t12-/m0/s1. The van der Waals surface area contributed by atoms with E-state index in [9.17, 15) is 4.79 Å². The summed E-state index contributed by atoms with van der Waals surface area (Å²) in [6.45, 7) is 4.66. The third-order valence-electron chi connectivity index (χ3n) is 3.60. The lowest BCUT2D eigenvalue weighted by Gasteiger charge is -2.13. The van der Waals surface area contributed by atoms with E-state index in [0.29, 0.717) is 30.5 Å². The van der Waals surface area contributed by atoms with E-state index >= 15 is 0 Å². The van der Waals surface area contributed by atoms with Crippen molar-refractivity contribution in [1.29, 1.82) is 0 Å². The highest BCUT2D eigenvalue weighted by molar-refractivity contribution is 5.79. The summed E-state index contributed by atoms with van der Waals surface area (Å²) < 4.78 is 3.29. The fourth-order valence-corrected chi connectivity index (χ4v) is 2.32. The molecule has 0 saturated carbocycles. The van der Waals surface area contributed by atoms with Crippen LogP contribution >= 0.6 is 0 Å². The number of carbonyl (C=O) groups is 1. The van der Waals surface area contributed by atoms with Gasteiger partial charge in [0.15, 0.2) is 5.82 Å². The van der Waals surface area contributed by atoms with Crippen molar-refractivity contribution in [3.05, 3.63) is 48.8 Å². The number of nitrogens with zero attached hydrogens (tertiary/aromatic N) is 6. The maximum absolute atomic E-state index is 12.1. The van der Waals surface area contributed by atoms with Crippen molar-refractivity contribution in [2.45, 2.75) is 19.9 Å². The van der Waals surface area contributed by atoms with Crippen LogP contribution in [-0.4, -0.2) is 48.5 Å².